The van der Waals surface area contributed by atoms with Gasteiger partial charge in [0.2, 0.25) is 0 Å². The van der Waals surface area contributed by atoms with Crippen LogP contribution in [0, 0.1) is 5.92 Å². The predicted molar refractivity (Wildman–Crippen MR) is 40.6 cm³/mol. The van der Waals surface area contributed by atoms with Gasteiger partial charge in [0.25, 0.3) is 0 Å². The van der Waals surface area contributed by atoms with E-state index >= 15 is 0 Å². The van der Waals surface area contributed by atoms with Crippen molar-refractivity contribution in [3.8, 4) is 0 Å². The Hall–Kier alpha value is 0.300. The Bertz CT molecular complexity index is 179. The van der Waals surface area contributed by atoms with Crippen molar-refractivity contribution in [2.75, 3.05) is 11.5 Å². The standard InChI is InChI=1S/C5H10O2S2/c1-4-2-9(6,7)3-5(4)8/h4-5,8H,2-3H2,1H3. The van der Waals surface area contributed by atoms with Gasteiger partial charge in [-0.05, 0) is 5.92 Å². The zero-order valence-electron chi connectivity index (χ0n) is 5.24. The van der Waals surface area contributed by atoms with Crippen LogP contribution >= 0.6 is 12.6 Å². The van der Waals surface area contributed by atoms with Gasteiger partial charge in [-0.15, -0.1) is 0 Å². The SMILES string of the molecule is CC1CS(=O)(=O)CC1S. The molecular weight excluding hydrogens is 156 g/mol. The summed E-state index contributed by atoms with van der Waals surface area (Å²) in [6, 6.07) is 0. The lowest BCUT2D eigenvalue weighted by molar-refractivity contribution is 0.599. The van der Waals surface area contributed by atoms with Crippen molar-refractivity contribution >= 4 is 22.5 Å². The Labute approximate surface area is 61.0 Å². The molecular formula is C5H10O2S2. The van der Waals surface area contributed by atoms with E-state index in [4.69, 9.17) is 0 Å². The van der Waals surface area contributed by atoms with Gasteiger partial charge in [0.05, 0.1) is 11.5 Å². The van der Waals surface area contributed by atoms with Crippen molar-refractivity contribution < 1.29 is 8.42 Å². The maximum absolute atomic E-state index is 10.8. The number of rotatable bonds is 0. The van der Waals surface area contributed by atoms with Crippen LogP contribution in [0.25, 0.3) is 0 Å². The van der Waals surface area contributed by atoms with Gasteiger partial charge in [0.1, 0.15) is 0 Å². The summed E-state index contributed by atoms with van der Waals surface area (Å²) in [5.74, 6) is 0.816. The fourth-order valence-electron chi connectivity index (χ4n) is 1.00. The molecule has 1 fully saturated rings. The Morgan fingerprint density at radius 1 is 1.44 bits per heavy atom. The highest BCUT2D eigenvalue weighted by Crippen LogP contribution is 2.22. The van der Waals surface area contributed by atoms with E-state index in [0.29, 0.717) is 5.75 Å². The van der Waals surface area contributed by atoms with Gasteiger partial charge in [-0.2, -0.15) is 12.6 Å². The molecule has 0 aromatic carbocycles. The normalized spacial score (nSPS) is 41.1. The fraction of sp³-hybridized carbons (Fsp3) is 1.00. The molecule has 54 valence electrons. The minimum Gasteiger partial charge on any atom is -0.229 e. The Morgan fingerprint density at radius 3 is 2.11 bits per heavy atom. The fourth-order valence-corrected chi connectivity index (χ4v) is 3.95. The maximum Gasteiger partial charge on any atom is 0.151 e. The number of thiol groups is 1. The second-order valence-electron chi connectivity index (χ2n) is 2.62. The van der Waals surface area contributed by atoms with Crippen LogP contribution in [-0.2, 0) is 9.84 Å². The Balaban J connectivity index is 2.77. The van der Waals surface area contributed by atoms with Gasteiger partial charge in [-0.3, -0.25) is 0 Å². The molecule has 2 nitrogen and oxygen atoms in total. The highest BCUT2D eigenvalue weighted by molar-refractivity contribution is 7.93. The lowest BCUT2D eigenvalue weighted by Crippen LogP contribution is -2.06. The number of hydrogen-bond donors (Lipinski definition) is 1. The summed E-state index contributed by atoms with van der Waals surface area (Å²) in [7, 11) is -2.72. The molecule has 0 spiro atoms. The monoisotopic (exact) mass is 166 g/mol. The first-order valence-corrected chi connectivity index (χ1v) is 5.23. The molecule has 9 heavy (non-hydrogen) atoms. The summed E-state index contributed by atoms with van der Waals surface area (Å²) < 4.78 is 21.6. The van der Waals surface area contributed by atoms with Crippen molar-refractivity contribution in [3.05, 3.63) is 0 Å². The summed E-state index contributed by atoms with van der Waals surface area (Å²) in [5.41, 5.74) is 0. The lowest BCUT2D eigenvalue weighted by Gasteiger charge is -2.01. The molecule has 0 saturated carbocycles. The first kappa shape index (κ1) is 7.41. The van der Waals surface area contributed by atoms with Gasteiger partial charge in [0, 0.05) is 5.25 Å². The van der Waals surface area contributed by atoms with E-state index in [1.807, 2.05) is 6.92 Å². The van der Waals surface area contributed by atoms with Gasteiger partial charge >= 0.3 is 0 Å². The summed E-state index contributed by atoms with van der Waals surface area (Å²) >= 11 is 4.12. The van der Waals surface area contributed by atoms with E-state index in [1.165, 1.54) is 0 Å². The molecule has 2 unspecified atom stereocenters. The predicted octanol–water partition coefficient (Wildman–Crippen LogP) is 0.349. The lowest BCUT2D eigenvalue weighted by atomic mass is 10.2. The van der Waals surface area contributed by atoms with Crippen molar-refractivity contribution in [2.24, 2.45) is 5.92 Å². The van der Waals surface area contributed by atoms with Crippen LogP contribution in [-0.4, -0.2) is 25.2 Å². The van der Waals surface area contributed by atoms with E-state index in [9.17, 15) is 8.42 Å². The van der Waals surface area contributed by atoms with Crippen molar-refractivity contribution in [2.45, 2.75) is 12.2 Å². The summed E-state index contributed by atoms with van der Waals surface area (Å²) in [6.07, 6.45) is 0. The van der Waals surface area contributed by atoms with Crippen LogP contribution in [0.3, 0.4) is 0 Å². The molecule has 4 heteroatoms. The zero-order valence-corrected chi connectivity index (χ0v) is 6.95. The average Bonchev–Trinajstić information content (AvgIpc) is 1.79. The highest BCUT2D eigenvalue weighted by atomic mass is 32.2. The van der Waals surface area contributed by atoms with E-state index in [2.05, 4.69) is 12.6 Å². The maximum atomic E-state index is 10.8. The van der Waals surface area contributed by atoms with Crippen LogP contribution in [0.15, 0.2) is 0 Å². The Morgan fingerprint density at radius 2 is 2.00 bits per heavy atom. The number of hydrogen-bond acceptors (Lipinski definition) is 3. The molecule has 1 rings (SSSR count). The van der Waals surface area contributed by atoms with Crippen molar-refractivity contribution in [1.29, 1.82) is 0 Å². The molecule has 2 atom stereocenters. The molecule has 1 heterocycles. The van der Waals surface area contributed by atoms with E-state index in [-0.39, 0.29) is 16.9 Å². The van der Waals surface area contributed by atoms with Crippen molar-refractivity contribution in [3.63, 3.8) is 0 Å². The minimum absolute atomic E-state index is 0.0648. The van der Waals surface area contributed by atoms with Gasteiger partial charge in [0.15, 0.2) is 9.84 Å². The molecule has 1 saturated heterocycles. The van der Waals surface area contributed by atoms with Crippen molar-refractivity contribution in [1.82, 2.24) is 0 Å². The molecule has 0 radical (unpaired) electrons. The topological polar surface area (TPSA) is 34.1 Å². The highest BCUT2D eigenvalue weighted by Gasteiger charge is 2.31. The molecule has 0 amide bonds. The summed E-state index contributed by atoms with van der Waals surface area (Å²) in [5, 5.41) is 0.0648. The molecule has 0 aromatic rings. The second kappa shape index (κ2) is 2.16. The summed E-state index contributed by atoms with van der Waals surface area (Å²) in [6.45, 7) is 1.92. The van der Waals surface area contributed by atoms with Crippen LogP contribution in [0.5, 0.6) is 0 Å². The zero-order chi connectivity index (χ0) is 7.07. The minimum atomic E-state index is -2.72. The summed E-state index contributed by atoms with van der Waals surface area (Å²) in [4.78, 5) is 0. The number of sulfone groups is 1. The van der Waals surface area contributed by atoms with Crippen LogP contribution in [0.1, 0.15) is 6.92 Å². The smallest absolute Gasteiger partial charge is 0.151 e. The van der Waals surface area contributed by atoms with Crippen LogP contribution in [0.2, 0.25) is 0 Å². The van der Waals surface area contributed by atoms with Crippen LogP contribution < -0.4 is 0 Å². The second-order valence-corrected chi connectivity index (χ2v) is 5.44. The van der Waals surface area contributed by atoms with E-state index < -0.39 is 9.84 Å². The first-order valence-electron chi connectivity index (χ1n) is 2.90. The van der Waals surface area contributed by atoms with E-state index in [1.54, 1.807) is 0 Å². The Kier molecular flexibility index (Phi) is 1.78. The van der Waals surface area contributed by atoms with Gasteiger partial charge in [-0.25, -0.2) is 8.42 Å². The third-order valence-corrected chi connectivity index (χ3v) is 4.44. The quantitative estimate of drug-likeness (QED) is 0.527. The third-order valence-electron chi connectivity index (χ3n) is 1.60. The molecule has 0 aromatic heterocycles. The first-order chi connectivity index (χ1) is 4.01. The molecule has 0 N–H and O–H groups in total. The van der Waals surface area contributed by atoms with Crippen LogP contribution in [0.4, 0.5) is 0 Å². The molecule has 0 aliphatic carbocycles. The largest absolute Gasteiger partial charge is 0.229 e. The molecule has 0 bridgehead atoms. The average molecular weight is 166 g/mol. The van der Waals surface area contributed by atoms with Gasteiger partial charge < -0.3 is 0 Å². The van der Waals surface area contributed by atoms with Gasteiger partial charge in [-0.1, -0.05) is 6.92 Å². The third kappa shape index (κ3) is 1.61. The molecule has 1 aliphatic heterocycles. The molecule has 1 aliphatic rings. The van der Waals surface area contributed by atoms with E-state index in [0.717, 1.165) is 0 Å².